The number of nitrogens with one attached hydrogen (secondary N) is 1. The van der Waals surface area contributed by atoms with E-state index in [1.807, 2.05) is 0 Å². The Bertz CT molecular complexity index is 702. The van der Waals surface area contributed by atoms with Crippen LogP contribution >= 0.6 is 11.3 Å². The molecule has 0 unspecified atom stereocenters. The molecule has 2 aromatic heterocycles. The molecule has 0 atom stereocenters. The van der Waals surface area contributed by atoms with Gasteiger partial charge in [-0.1, -0.05) is 0 Å². The predicted molar refractivity (Wildman–Crippen MR) is 69.7 cm³/mol. The highest BCUT2D eigenvalue weighted by Gasteiger charge is 2.25. The molecule has 0 radical (unpaired) electrons. The number of nitrogens with zero attached hydrogens (tertiary/aromatic N) is 2. The third-order valence-electron chi connectivity index (χ3n) is 2.35. The van der Waals surface area contributed by atoms with Gasteiger partial charge in [0.2, 0.25) is 0 Å². The van der Waals surface area contributed by atoms with Gasteiger partial charge in [-0.2, -0.15) is 5.10 Å². The first-order valence-electron chi connectivity index (χ1n) is 5.12. The van der Waals surface area contributed by atoms with Crippen LogP contribution in [-0.2, 0) is 21.8 Å². The Morgan fingerprint density at radius 2 is 2.21 bits per heavy atom. The lowest BCUT2D eigenvalue weighted by Crippen LogP contribution is -2.17. The largest absolute Gasteiger partial charge is 0.465 e. The Hall–Kier alpha value is -1.87. The van der Waals surface area contributed by atoms with E-state index < -0.39 is 16.0 Å². The van der Waals surface area contributed by atoms with Crippen molar-refractivity contribution in [2.75, 3.05) is 11.8 Å². The number of hydrogen-bond donors (Lipinski definition) is 1. The molecule has 0 aliphatic carbocycles. The highest BCUT2D eigenvalue weighted by Crippen LogP contribution is 2.24. The van der Waals surface area contributed by atoms with Gasteiger partial charge in [0.05, 0.1) is 13.3 Å². The molecule has 0 spiro atoms. The molecule has 19 heavy (non-hydrogen) atoms. The second kappa shape index (κ2) is 5.02. The van der Waals surface area contributed by atoms with Gasteiger partial charge in [0, 0.05) is 13.1 Å². The molecule has 9 heteroatoms. The first kappa shape index (κ1) is 13.6. The Morgan fingerprint density at radius 1 is 1.47 bits per heavy atom. The Labute approximate surface area is 113 Å². The van der Waals surface area contributed by atoms with Gasteiger partial charge < -0.3 is 4.74 Å². The van der Waals surface area contributed by atoms with Gasteiger partial charge in [-0.25, -0.2) is 13.2 Å². The van der Waals surface area contributed by atoms with Gasteiger partial charge >= 0.3 is 5.97 Å². The molecular formula is C10H11N3O4S2. The molecule has 0 aliphatic rings. The molecule has 1 N–H and O–H groups in total. The van der Waals surface area contributed by atoms with Gasteiger partial charge in [-0.15, -0.1) is 11.3 Å². The maximum atomic E-state index is 12.2. The molecule has 0 aromatic carbocycles. The second-order valence-corrected chi connectivity index (χ2v) is 6.12. The van der Waals surface area contributed by atoms with Crippen LogP contribution in [0.25, 0.3) is 0 Å². The molecule has 0 fully saturated rings. The molecule has 7 nitrogen and oxygen atoms in total. The number of carbonyl (C=O) groups excluding carboxylic acids is 1. The van der Waals surface area contributed by atoms with Gasteiger partial charge in [0.1, 0.15) is 15.6 Å². The third-order valence-corrected chi connectivity index (χ3v) is 4.77. The number of hydrogen-bond acceptors (Lipinski definition) is 6. The molecular weight excluding hydrogens is 290 g/mol. The number of aryl methyl sites for hydroxylation is 1. The van der Waals surface area contributed by atoms with Crippen molar-refractivity contribution in [3.05, 3.63) is 28.6 Å². The number of methoxy groups -OCH3 is 1. The van der Waals surface area contributed by atoms with Gasteiger partial charge in [0.25, 0.3) is 10.0 Å². The predicted octanol–water partition coefficient (Wildman–Crippen LogP) is 1.07. The summed E-state index contributed by atoms with van der Waals surface area (Å²) in [6.07, 6.45) is 1.46. The van der Waals surface area contributed by atoms with Gasteiger partial charge in [0.15, 0.2) is 0 Å². The van der Waals surface area contributed by atoms with Crippen LogP contribution in [0.2, 0.25) is 0 Å². The normalized spacial score (nSPS) is 11.3. The van der Waals surface area contributed by atoms with Gasteiger partial charge in [-0.05, 0) is 11.4 Å². The quantitative estimate of drug-likeness (QED) is 0.853. The SMILES string of the molecule is COC(=O)c1sccc1S(=O)(=O)Nc1ccnn1C. The van der Waals surface area contributed by atoms with Crippen LogP contribution in [0.3, 0.4) is 0 Å². The molecule has 2 heterocycles. The summed E-state index contributed by atoms with van der Waals surface area (Å²) < 4.78 is 32.7. The fourth-order valence-corrected chi connectivity index (χ4v) is 3.84. The average molecular weight is 301 g/mol. The number of thiophene rings is 1. The summed E-state index contributed by atoms with van der Waals surface area (Å²) >= 11 is 1.01. The third kappa shape index (κ3) is 2.61. The molecule has 0 bridgehead atoms. The van der Waals surface area contributed by atoms with Crippen LogP contribution in [0.4, 0.5) is 5.82 Å². The van der Waals surface area contributed by atoms with Crippen LogP contribution < -0.4 is 4.72 Å². The lowest BCUT2D eigenvalue weighted by atomic mass is 10.5. The smallest absolute Gasteiger partial charge is 0.349 e. The zero-order valence-corrected chi connectivity index (χ0v) is 11.8. The lowest BCUT2D eigenvalue weighted by molar-refractivity contribution is 0.0602. The van der Waals surface area contributed by atoms with E-state index in [2.05, 4.69) is 14.6 Å². The number of aromatic nitrogens is 2. The van der Waals surface area contributed by atoms with E-state index in [-0.39, 0.29) is 9.77 Å². The van der Waals surface area contributed by atoms with Crippen molar-refractivity contribution in [2.24, 2.45) is 7.05 Å². The summed E-state index contributed by atoms with van der Waals surface area (Å²) in [7, 11) is -1.04. The fourth-order valence-electron chi connectivity index (χ4n) is 1.42. The topological polar surface area (TPSA) is 90.3 Å². The van der Waals surface area contributed by atoms with Crippen molar-refractivity contribution in [3.8, 4) is 0 Å². The molecule has 0 saturated carbocycles. The number of esters is 1. The number of ether oxygens (including phenoxy) is 1. The summed E-state index contributed by atoms with van der Waals surface area (Å²) in [6, 6.07) is 2.87. The van der Waals surface area contributed by atoms with E-state index in [0.29, 0.717) is 5.82 Å². The summed E-state index contributed by atoms with van der Waals surface area (Å²) in [6.45, 7) is 0. The van der Waals surface area contributed by atoms with Crippen LogP contribution in [0.15, 0.2) is 28.6 Å². The van der Waals surface area contributed by atoms with Crippen molar-refractivity contribution < 1.29 is 17.9 Å². The standard InChI is InChI=1S/C10H11N3O4S2/c1-13-8(3-5-11-13)12-19(15,16)7-4-6-18-9(7)10(14)17-2/h3-6,12H,1-2H3. The zero-order valence-electron chi connectivity index (χ0n) is 10.2. The van der Waals surface area contributed by atoms with Crippen molar-refractivity contribution in [1.29, 1.82) is 0 Å². The second-order valence-electron chi connectivity index (χ2n) is 3.55. The molecule has 2 aromatic rings. The molecule has 0 amide bonds. The summed E-state index contributed by atoms with van der Waals surface area (Å²) in [5.41, 5.74) is 0. The fraction of sp³-hybridized carbons (Fsp3) is 0.200. The van der Waals surface area contributed by atoms with E-state index >= 15 is 0 Å². The Morgan fingerprint density at radius 3 is 2.79 bits per heavy atom. The molecule has 102 valence electrons. The summed E-state index contributed by atoms with van der Waals surface area (Å²) in [4.78, 5) is 11.4. The average Bonchev–Trinajstić information content (AvgIpc) is 2.98. The van der Waals surface area contributed by atoms with Crippen LogP contribution in [0.5, 0.6) is 0 Å². The van der Waals surface area contributed by atoms with E-state index in [1.165, 1.54) is 35.5 Å². The van der Waals surface area contributed by atoms with Crippen molar-refractivity contribution >= 4 is 33.1 Å². The minimum Gasteiger partial charge on any atom is -0.465 e. The first-order valence-corrected chi connectivity index (χ1v) is 7.48. The Kier molecular flexibility index (Phi) is 3.58. The van der Waals surface area contributed by atoms with Crippen LogP contribution in [0.1, 0.15) is 9.67 Å². The van der Waals surface area contributed by atoms with Crippen LogP contribution in [0, 0.1) is 0 Å². The summed E-state index contributed by atoms with van der Waals surface area (Å²) in [5.74, 6) is -0.373. The summed E-state index contributed by atoms with van der Waals surface area (Å²) in [5, 5.41) is 5.37. The van der Waals surface area contributed by atoms with E-state index in [4.69, 9.17) is 0 Å². The first-order chi connectivity index (χ1) is 8.95. The Balaban J connectivity index is 2.38. The minimum atomic E-state index is -3.85. The number of sulfonamides is 1. The molecule has 2 rings (SSSR count). The van der Waals surface area contributed by atoms with Crippen molar-refractivity contribution in [2.45, 2.75) is 4.90 Å². The maximum absolute atomic E-state index is 12.2. The molecule has 0 aliphatic heterocycles. The number of anilines is 1. The number of rotatable bonds is 4. The van der Waals surface area contributed by atoms with Crippen molar-refractivity contribution in [1.82, 2.24) is 9.78 Å². The van der Waals surface area contributed by atoms with E-state index in [9.17, 15) is 13.2 Å². The lowest BCUT2D eigenvalue weighted by Gasteiger charge is -2.07. The minimum absolute atomic E-state index is 0.0390. The van der Waals surface area contributed by atoms with E-state index in [0.717, 1.165) is 11.3 Å². The van der Waals surface area contributed by atoms with Gasteiger partial charge in [-0.3, -0.25) is 9.40 Å². The monoisotopic (exact) mass is 301 g/mol. The number of carbonyl (C=O) groups is 1. The highest BCUT2D eigenvalue weighted by molar-refractivity contribution is 7.93. The van der Waals surface area contributed by atoms with E-state index in [1.54, 1.807) is 7.05 Å². The zero-order chi connectivity index (χ0) is 14.0. The molecule has 0 saturated heterocycles. The highest BCUT2D eigenvalue weighted by atomic mass is 32.2. The van der Waals surface area contributed by atoms with Crippen LogP contribution in [-0.4, -0.2) is 31.3 Å². The van der Waals surface area contributed by atoms with Crippen molar-refractivity contribution in [3.63, 3.8) is 0 Å². The maximum Gasteiger partial charge on any atom is 0.349 e.